The van der Waals surface area contributed by atoms with E-state index < -0.39 is 18.0 Å². The van der Waals surface area contributed by atoms with E-state index in [0.717, 1.165) is 11.8 Å². The fraction of sp³-hybridized carbons (Fsp3) is 0.727. The van der Waals surface area contributed by atoms with Crippen molar-refractivity contribution in [1.29, 1.82) is 0 Å². The van der Waals surface area contributed by atoms with Crippen molar-refractivity contribution >= 4 is 29.6 Å². The van der Waals surface area contributed by atoms with Gasteiger partial charge in [-0.2, -0.15) is 0 Å². The van der Waals surface area contributed by atoms with Gasteiger partial charge in [0.15, 0.2) is 0 Å². The Morgan fingerprint density at radius 1 is 1.28 bits per heavy atom. The summed E-state index contributed by atoms with van der Waals surface area (Å²) in [6.45, 7) is 3.86. The predicted octanol–water partition coefficient (Wildman–Crippen LogP) is 0.508. The van der Waals surface area contributed by atoms with E-state index in [2.05, 4.69) is 10.1 Å². The lowest BCUT2D eigenvalue weighted by atomic mass is 10.0. The third-order valence-corrected chi connectivity index (χ3v) is 2.90. The van der Waals surface area contributed by atoms with Crippen molar-refractivity contribution in [1.82, 2.24) is 5.32 Å². The molecule has 0 rings (SSSR count). The Morgan fingerprint density at radius 2 is 1.89 bits per heavy atom. The zero-order valence-corrected chi connectivity index (χ0v) is 11.6. The van der Waals surface area contributed by atoms with Gasteiger partial charge in [0.2, 0.25) is 5.91 Å². The molecule has 0 aliphatic carbocycles. The van der Waals surface area contributed by atoms with Gasteiger partial charge >= 0.3 is 11.9 Å². The molecule has 0 heterocycles. The summed E-state index contributed by atoms with van der Waals surface area (Å²) in [6.07, 6.45) is 0.488. The van der Waals surface area contributed by atoms with Crippen molar-refractivity contribution in [2.24, 2.45) is 5.92 Å². The maximum Gasteiger partial charge on any atom is 0.328 e. The lowest BCUT2D eigenvalue weighted by Gasteiger charge is -2.18. The van der Waals surface area contributed by atoms with E-state index in [-0.39, 0.29) is 23.3 Å². The first kappa shape index (κ1) is 16.8. The molecule has 1 unspecified atom stereocenters. The molecule has 0 bridgehead atoms. The SMILES string of the molecule is COC(=O)C(CC(C)C)NC(=O)CSCC(=O)O. The quantitative estimate of drug-likeness (QED) is 0.628. The topological polar surface area (TPSA) is 92.7 Å². The number of carboxylic acids is 1. The van der Waals surface area contributed by atoms with E-state index >= 15 is 0 Å². The van der Waals surface area contributed by atoms with Crippen LogP contribution >= 0.6 is 11.8 Å². The highest BCUT2D eigenvalue weighted by atomic mass is 32.2. The molecule has 6 nitrogen and oxygen atoms in total. The second kappa shape index (κ2) is 8.79. The summed E-state index contributed by atoms with van der Waals surface area (Å²) in [5.74, 6) is -1.71. The van der Waals surface area contributed by atoms with Crippen LogP contribution in [0, 0.1) is 5.92 Å². The van der Waals surface area contributed by atoms with E-state index in [9.17, 15) is 14.4 Å². The summed E-state index contributed by atoms with van der Waals surface area (Å²) >= 11 is 0.986. The summed E-state index contributed by atoms with van der Waals surface area (Å²) in [5.41, 5.74) is 0. The molecule has 0 fully saturated rings. The van der Waals surface area contributed by atoms with Crippen molar-refractivity contribution in [2.45, 2.75) is 26.3 Å². The van der Waals surface area contributed by atoms with E-state index in [0.29, 0.717) is 6.42 Å². The van der Waals surface area contributed by atoms with Gasteiger partial charge in [0.1, 0.15) is 6.04 Å². The molecule has 0 aromatic heterocycles. The number of hydrogen-bond acceptors (Lipinski definition) is 5. The Morgan fingerprint density at radius 3 is 2.33 bits per heavy atom. The Labute approximate surface area is 110 Å². The van der Waals surface area contributed by atoms with Crippen molar-refractivity contribution in [3.8, 4) is 0 Å². The van der Waals surface area contributed by atoms with Crippen LogP contribution in [0.2, 0.25) is 0 Å². The fourth-order valence-electron chi connectivity index (χ4n) is 1.29. The van der Waals surface area contributed by atoms with Crippen molar-refractivity contribution < 1.29 is 24.2 Å². The van der Waals surface area contributed by atoms with E-state index in [1.54, 1.807) is 0 Å². The molecule has 0 saturated carbocycles. The largest absolute Gasteiger partial charge is 0.481 e. The van der Waals surface area contributed by atoms with Crippen LogP contribution in [0.4, 0.5) is 0 Å². The Balaban J connectivity index is 4.18. The molecular formula is C11H19NO5S. The highest BCUT2D eigenvalue weighted by Gasteiger charge is 2.22. The highest BCUT2D eigenvalue weighted by molar-refractivity contribution is 8.00. The number of aliphatic carboxylic acids is 1. The van der Waals surface area contributed by atoms with Gasteiger partial charge in [-0.25, -0.2) is 4.79 Å². The van der Waals surface area contributed by atoms with Crippen LogP contribution in [0.15, 0.2) is 0 Å². The second-order valence-corrected chi connectivity index (χ2v) is 5.14. The lowest BCUT2D eigenvalue weighted by Crippen LogP contribution is -2.43. The molecule has 0 saturated heterocycles. The lowest BCUT2D eigenvalue weighted by molar-refractivity contribution is -0.145. The molecule has 7 heteroatoms. The number of esters is 1. The Kier molecular flexibility index (Phi) is 8.19. The molecule has 18 heavy (non-hydrogen) atoms. The molecule has 0 aromatic carbocycles. The predicted molar refractivity (Wildman–Crippen MR) is 68.4 cm³/mol. The zero-order chi connectivity index (χ0) is 14.1. The van der Waals surface area contributed by atoms with Crippen LogP contribution in [0.5, 0.6) is 0 Å². The number of carbonyl (C=O) groups excluding carboxylic acids is 2. The van der Waals surface area contributed by atoms with E-state index in [1.807, 2.05) is 13.8 Å². The maximum absolute atomic E-state index is 11.5. The average molecular weight is 277 g/mol. The first-order valence-electron chi connectivity index (χ1n) is 5.53. The van der Waals surface area contributed by atoms with Crippen LogP contribution in [0.25, 0.3) is 0 Å². The van der Waals surface area contributed by atoms with Gasteiger partial charge < -0.3 is 15.2 Å². The first-order chi connectivity index (χ1) is 8.36. The molecule has 0 aliphatic heterocycles. The molecule has 1 amide bonds. The van der Waals surface area contributed by atoms with Gasteiger partial charge in [0, 0.05) is 0 Å². The average Bonchev–Trinajstić information content (AvgIpc) is 2.25. The molecule has 104 valence electrons. The third-order valence-electron chi connectivity index (χ3n) is 1.99. The number of amides is 1. The number of nitrogens with one attached hydrogen (secondary N) is 1. The number of carboxylic acid groups (broad SMARTS) is 1. The van der Waals surface area contributed by atoms with Crippen LogP contribution in [0.1, 0.15) is 20.3 Å². The molecule has 1 atom stereocenters. The minimum Gasteiger partial charge on any atom is -0.481 e. The maximum atomic E-state index is 11.5. The summed E-state index contributed by atoms with van der Waals surface area (Å²) < 4.78 is 4.60. The first-order valence-corrected chi connectivity index (χ1v) is 6.69. The molecule has 0 spiro atoms. The number of rotatable bonds is 8. The number of methoxy groups -OCH3 is 1. The molecule has 0 aromatic rings. The third kappa shape index (κ3) is 7.94. The monoisotopic (exact) mass is 277 g/mol. The van der Waals surface area contributed by atoms with Crippen molar-refractivity contribution in [2.75, 3.05) is 18.6 Å². The van der Waals surface area contributed by atoms with Gasteiger partial charge in [-0.1, -0.05) is 13.8 Å². The van der Waals surface area contributed by atoms with Gasteiger partial charge in [-0.3, -0.25) is 9.59 Å². The molecule has 2 N–H and O–H groups in total. The van der Waals surface area contributed by atoms with Gasteiger partial charge in [-0.05, 0) is 12.3 Å². The van der Waals surface area contributed by atoms with Gasteiger partial charge in [0.05, 0.1) is 18.6 Å². The summed E-state index contributed by atoms with van der Waals surface area (Å²) in [5, 5.41) is 11.0. The van der Waals surface area contributed by atoms with E-state index in [1.165, 1.54) is 7.11 Å². The fourth-order valence-corrected chi connectivity index (χ4v) is 1.84. The molecule has 0 radical (unpaired) electrons. The van der Waals surface area contributed by atoms with Gasteiger partial charge in [-0.15, -0.1) is 11.8 Å². The van der Waals surface area contributed by atoms with Crippen LogP contribution < -0.4 is 5.32 Å². The standard InChI is InChI=1S/C11H19NO5S/c1-7(2)4-8(11(16)17-3)12-9(13)5-18-6-10(14)15/h7-8H,4-6H2,1-3H3,(H,12,13)(H,14,15). The Hall–Kier alpha value is -1.24. The van der Waals surface area contributed by atoms with Crippen LogP contribution in [0.3, 0.4) is 0 Å². The molecular weight excluding hydrogens is 258 g/mol. The van der Waals surface area contributed by atoms with Gasteiger partial charge in [0.25, 0.3) is 0 Å². The normalized spacial score (nSPS) is 12.0. The minimum atomic E-state index is -0.973. The zero-order valence-electron chi connectivity index (χ0n) is 10.8. The van der Waals surface area contributed by atoms with Crippen LogP contribution in [-0.4, -0.2) is 47.6 Å². The second-order valence-electron chi connectivity index (χ2n) is 4.16. The smallest absolute Gasteiger partial charge is 0.328 e. The summed E-state index contributed by atoms with van der Waals surface area (Å²) in [6, 6.07) is -0.673. The highest BCUT2D eigenvalue weighted by Crippen LogP contribution is 2.07. The number of thioether (sulfide) groups is 1. The van der Waals surface area contributed by atoms with Crippen molar-refractivity contribution in [3.63, 3.8) is 0 Å². The minimum absolute atomic E-state index is 0.0118. The summed E-state index contributed by atoms with van der Waals surface area (Å²) in [7, 11) is 1.26. The summed E-state index contributed by atoms with van der Waals surface area (Å²) in [4.78, 5) is 33.2. The number of hydrogen-bond donors (Lipinski definition) is 2. The Bertz CT molecular complexity index is 306. The number of carbonyl (C=O) groups is 3. The van der Waals surface area contributed by atoms with E-state index in [4.69, 9.17) is 5.11 Å². The number of ether oxygens (including phenoxy) is 1. The van der Waals surface area contributed by atoms with Crippen molar-refractivity contribution in [3.05, 3.63) is 0 Å². The van der Waals surface area contributed by atoms with Crippen LogP contribution in [-0.2, 0) is 19.1 Å². The molecule has 0 aliphatic rings.